The first-order valence-electron chi connectivity index (χ1n) is 5.17. The first-order valence-corrected chi connectivity index (χ1v) is 6.62. The highest BCUT2D eigenvalue weighted by Crippen LogP contribution is 2.35. The Morgan fingerprint density at radius 3 is 2.53 bits per heavy atom. The highest BCUT2D eigenvalue weighted by atomic mass is 127. The zero-order valence-corrected chi connectivity index (χ0v) is 12.5. The third kappa shape index (κ3) is 2.72. The van der Waals surface area contributed by atoms with Gasteiger partial charge in [0.05, 0.1) is 12.0 Å². The molecule has 0 saturated heterocycles. The lowest BCUT2D eigenvalue weighted by molar-refractivity contribution is 0.643. The molecule has 2 nitrogen and oxygen atoms in total. The summed E-state index contributed by atoms with van der Waals surface area (Å²) in [5.74, 6) is 0. The maximum absolute atomic E-state index is 6.23. The molecule has 0 unspecified atom stereocenters. The lowest BCUT2D eigenvalue weighted by Gasteiger charge is -2.08. The molecule has 0 spiro atoms. The minimum absolute atomic E-state index is 0.772. The van der Waals surface area contributed by atoms with E-state index in [-0.39, 0.29) is 0 Å². The average molecular weight is 359 g/mol. The molecule has 2 aromatic carbocycles. The molecule has 0 saturated carbocycles. The lowest BCUT2D eigenvalue weighted by atomic mass is 10.1. The van der Waals surface area contributed by atoms with E-state index in [0.29, 0.717) is 0 Å². The van der Waals surface area contributed by atoms with E-state index in [1.807, 2.05) is 49.3 Å². The maximum Gasteiger partial charge on any atom is 0.0907 e. The van der Waals surface area contributed by atoms with Gasteiger partial charge >= 0.3 is 0 Å². The second-order valence-corrected chi connectivity index (χ2v) is 5.51. The Balaban J connectivity index is 2.69. The summed E-state index contributed by atoms with van der Waals surface area (Å²) in [6, 6.07) is 10.0. The van der Waals surface area contributed by atoms with Gasteiger partial charge < -0.3 is 4.90 Å². The zero-order valence-electron chi connectivity index (χ0n) is 9.61. The number of halogens is 2. The summed E-state index contributed by atoms with van der Waals surface area (Å²) in [5.41, 5.74) is 0.972. The molecule has 0 aliphatic rings. The van der Waals surface area contributed by atoms with E-state index in [4.69, 9.17) is 11.6 Å². The molecule has 2 rings (SSSR count). The van der Waals surface area contributed by atoms with Gasteiger partial charge in [0.2, 0.25) is 0 Å². The molecule has 0 amide bonds. The van der Waals surface area contributed by atoms with Gasteiger partial charge in [-0.1, -0.05) is 35.9 Å². The number of aliphatic imine (C=N–C) groups is 1. The van der Waals surface area contributed by atoms with Crippen LogP contribution < -0.4 is 0 Å². The zero-order chi connectivity index (χ0) is 12.4. The monoisotopic (exact) mass is 358 g/mol. The number of fused-ring (bicyclic) bond motifs is 1. The van der Waals surface area contributed by atoms with E-state index < -0.39 is 0 Å². The molecule has 0 fully saturated rings. The summed E-state index contributed by atoms with van der Waals surface area (Å²) in [6.45, 7) is 0. The van der Waals surface area contributed by atoms with E-state index >= 15 is 0 Å². The predicted octanol–water partition coefficient (Wildman–Crippen LogP) is 4.32. The molecule has 0 aliphatic carbocycles. The molecule has 0 heterocycles. The third-order valence-corrected chi connectivity index (χ3v) is 3.47. The molecule has 0 aliphatic heterocycles. The van der Waals surface area contributed by atoms with Crippen molar-refractivity contribution in [3.8, 4) is 0 Å². The number of hydrogen-bond acceptors (Lipinski definition) is 1. The van der Waals surface area contributed by atoms with Crippen molar-refractivity contribution < 1.29 is 0 Å². The van der Waals surface area contributed by atoms with Crippen LogP contribution in [0, 0.1) is 3.57 Å². The van der Waals surface area contributed by atoms with Crippen LogP contribution in [0.1, 0.15) is 0 Å². The van der Waals surface area contributed by atoms with Crippen molar-refractivity contribution in [1.29, 1.82) is 0 Å². The van der Waals surface area contributed by atoms with Crippen LogP contribution in [0.3, 0.4) is 0 Å². The maximum atomic E-state index is 6.23. The molecule has 17 heavy (non-hydrogen) atoms. The van der Waals surface area contributed by atoms with Crippen molar-refractivity contribution in [3.63, 3.8) is 0 Å². The van der Waals surface area contributed by atoms with Gasteiger partial charge in [0.25, 0.3) is 0 Å². The smallest absolute Gasteiger partial charge is 0.0907 e. The highest BCUT2D eigenvalue weighted by Gasteiger charge is 2.07. The molecular weight excluding hydrogens is 347 g/mol. The predicted molar refractivity (Wildman–Crippen MR) is 83.5 cm³/mol. The van der Waals surface area contributed by atoms with Crippen LogP contribution in [-0.2, 0) is 0 Å². The van der Waals surface area contributed by atoms with Crippen molar-refractivity contribution in [2.45, 2.75) is 0 Å². The normalized spacial score (nSPS) is 11.3. The quantitative estimate of drug-likeness (QED) is 0.443. The van der Waals surface area contributed by atoms with E-state index in [1.165, 1.54) is 0 Å². The Morgan fingerprint density at radius 1 is 1.24 bits per heavy atom. The lowest BCUT2D eigenvalue weighted by Crippen LogP contribution is -2.07. The van der Waals surface area contributed by atoms with E-state index in [1.54, 1.807) is 6.34 Å². The minimum atomic E-state index is 0.772. The molecule has 4 heteroatoms. The van der Waals surface area contributed by atoms with Gasteiger partial charge in [-0.2, -0.15) is 0 Å². The molecular formula is C13H12ClIN2. The van der Waals surface area contributed by atoms with Crippen LogP contribution in [0.25, 0.3) is 10.8 Å². The Morgan fingerprint density at radius 2 is 1.88 bits per heavy atom. The minimum Gasteiger partial charge on any atom is -0.369 e. The van der Waals surface area contributed by atoms with Crippen LogP contribution in [0.15, 0.2) is 35.3 Å². The number of nitrogens with zero attached hydrogens (tertiary/aromatic N) is 2. The third-order valence-electron chi connectivity index (χ3n) is 2.34. The topological polar surface area (TPSA) is 15.6 Å². The second kappa shape index (κ2) is 5.23. The summed E-state index contributed by atoms with van der Waals surface area (Å²) >= 11 is 8.49. The van der Waals surface area contributed by atoms with Crippen LogP contribution >= 0.6 is 34.2 Å². The van der Waals surface area contributed by atoms with Crippen LogP contribution in [-0.4, -0.2) is 25.3 Å². The van der Waals surface area contributed by atoms with Crippen LogP contribution in [0.4, 0.5) is 5.69 Å². The van der Waals surface area contributed by atoms with Crippen molar-refractivity contribution in [2.75, 3.05) is 14.1 Å². The standard InChI is InChI=1S/C13H12ClIN2/c1-17(2)8-16-13-10-6-4-3-5-9(10)11(14)7-12(13)15/h3-8H,1-2H3. The van der Waals surface area contributed by atoms with Gasteiger partial charge in [-0.05, 0) is 28.7 Å². The summed E-state index contributed by atoms with van der Waals surface area (Å²) in [4.78, 5) is 6.43. The fourth-order valence-corrected chi connectivity index (χ4v) is 2.79. The Bertz CT molecular complexity index is 579. The first-order chi connectivity index (χ1) is 8.09. The first kappa shape index (κ1) is 12.6. The van der Waals surface area contributed by atoms with E-state index in [2.05, 4.69) is 27.6 Å². The van der Waals surface area contributed by atoms with Crippen LogP contribution in [0.5, 0.6) is 0 Å². The largest absolute Gasteiger partial charge is 0.369 e. The summed E-state index contributed by atoms with van der Waals surface area (Å²) in [7, 11) is 3.91. The number of benzene rings is 2. The molecule has 0 atom stereocenters. The van der Waals surface area contributed by atoms with Gasteiger partial charge in [0, 0.05) is 33.5 Å². The molecule has 0 N–H and O–H groups in total. The Hall–Kier alpha value is -0.810. The Kier molecular flexibility index (Phi) is 3.89. The average Bonchev–Trinajstić information content (AvgIpc) is 2.28. The van der Waals surface area contributed by atoms with Gasteiger partial charge in [0.1, 0.15) is 0 Å². The summed E-state index contributed by atoms with van der Waals surface area (Å²) in [6.07, 6.45) is 1.80. The van der Waals surface area contributed by atoms with Crippen LogP contribution in [0.2, 0.25) is 5.02 Å². The Labute approximate surface area is 119 Å². The van der Waals surface area contributed by atoms with E-state index in [9.17, 15) is 0 Å². The van der Waals surface area contributed by atoms with Crippen molar-refractivity contribution >= 4 is 57.0 Å². The summed E-state index contributed by atoms with van der Waals surface area (Å²) in [5, 5.41) is 2.90. The van der Waals surface area contributed by atoms with Gasteiger partial charge in [-0.15, -0.1) is 0 Å². The molecule has 0 bridgehead atoms. The van der Waals surface area contributed by atoms with Gasteiger partial charge in [0.15, 0.2) is 0 Å². The van der Waals surface area contributed by atoms with Crippen molar-refractivity contribution in [1.82, 2.24) is 4.90 Å². The second-order valence-electron chi connectivity index (χ2n) is 3.94. The summed E-state index contributed by atoms with van der Waals surface area (Å²) < 4.78 is 1.06. The fraction of sp³-hybridized carbons (Fsp3) is 0.154. The number of rotatable bonds is 2. The van der Waals surface area contributed by atoms with Crippen molar-refractivity contribution in [3.05, 3.63) is 38.9 Å². The van der Waals surface area contributed by atoms with Gasteiger partial charge in [-0.25, -0.2) is 4.99 Å². The SMILES string of the molecule is CN(C)C=Nc1c(I)cc(Cl)c2ccccc12. The molecule has 88 valence electrons. The van der Waals surface area contributed by atoms with E-state index in [0.717, 1.165) is 25.1 Å². The van der Waals surface area contributed by atoms with Crippen molar-refractivity contribution in [2.24, 2.45) is 4.99 Å². The molecule has 0 aromatic heterocycles. The fourth-order valence-electron chi connectivity index (χ4n) is 1.59. The molecule has 0 radical (unpaired) electrons. The number of hydrogen-bond donors (Lipinski definition) is 0. The highest BCUT2D eigenvalue weighted by molar-refractivity contribution is 14.1. The molecule has 2 aromatic rings. The van der Waals surface area contributed by atoms with Gasteiger partial charge in [-0.3, -0.25) is 0 Å².